The van der Waals surface area contributed by atoms with Crippen LogP contribution in [-0.4, -0.2) is 51.0 Å². The van der Waals surface area contributed by atoms with Gasteiger partial charge in [-0.15, -0.1) is 0 Å². The summed E-state index contributed by atoms with van der Waals surface area (Å²) in [6.45, 7) is 3.55. The number of carbonyl (C=O) groups excluding carboxylic acids is 2. The van der Waals surface area contributed by atoms with E-state index < -0.39 is 16.1 Å². The van der Waals surface area contributed by atoms with E-state index >= 15 is 0 Å². The fraction of sp³-hybridized carbons (Fsp3) is 0.391. The average molecular weight is 549 g/mol. The fourth-order valence-electron chi connectivity index (χ4n) is 3.47. The lowest BCUT2D eigenvalue weighted by molar-refractivity contribution is -0.140. The molecular formula is C23H28Cl3N3O4S. The minimum absolute atomic E-state index is 0.0260. The number of anilines is 1. The van der Waals surface area contributed by atoms with Gasteiger partial charge in [-0.05, 0) is 55.7 Å². The van der Waals surface area contributed by atoms with Crippen LogP contribution in [0.15, 0.2) is 36.4 Å². The van der Waals surface area contributed by atoms with E-state index in [1.807, 2.05) is 0 Å². The number of carbonyl (C=O) groups is 2. The summed E-state index contributed by atoms with van der Waals surface area (Å²) >= 11 is 18.4. The number of hydrogen-bond acceptors (Lipinski definition) is 4. The highest BCUT2D eigenvalue weighted by molar-refractivity contribution is 7.92. The van der Waals surface area contributed by atoms with Gasteiger partial charge in [0.05, 0.1) is 11.9 Å². The Morgan fingerprint density at radius 2 is 1.76 bits per heavy atom. The number of nitrogens with one attached hydrogen (secondary N) is 1. The summed E-state index contributed by atoms with van der Waals surface area (Å²) in [7, 11) is -2.12. The van der Waals surface area contributed by atoms with Gasteiger partial charge in [-0.3, -0.25) is 13.9 Å². The van der Waals surface area contributed by atoms with Gasteiger partial charge in [-0.2, -0.15) is 0 Å². The minimum Gasteiger partial charge on any atom is -0.357 e. The monoisotopic (exact) mass is 547 g/mol. The number of nitrogens with zero attached hydrogens (tertiary/aromatic N) is 2. The number of likely N-dealkylation sites (N-methyl/N-ethyl adjacent to an activating group) is 1. The molecule has 2 rings (SSSR count). The predicted molar refractivity (Wildman–Crippen MR) is 138 cm³/mol. The molecule has 0 unspecified atom stereocenters. The van der Waals surface area contributed by atoms with E-state index in [1.165, 1.54) is 16.3 Å². The Hall–Kier alpha value is -2.00. The largest absolute Gasteiger partial charge is 0.357 e. The first-order valence-electron chi connectivity index (χ1n) is 10.5. The van der Waals surface area contributed by atoms with Crippen LogP contribution in [0, 0.1) is 6.92 Å². The van der Waals surface area contributed by atoms with Crippen molar-refractivity contribution >= 4 is 62.3 Å². The first-order valence-corrected chi connectivity index (χ1v) is 13.5. The molecule has 2 aromatic rings. The molecule has 0 radical (unpaired) electrons. The lowest BCUT2D eigenvalue weighted by Gasteiger charge is -2.29. The zero-order chi connectivity index (χ0) is 25.6. The number of hydrogen-bond donors (Lipinski definition) is 1. The van der Waals surface area contributed by atoms with Crippen LogP contribution in [0.4, 0.5) is 5.69 Å². The second-order valence-corrected chi connectivity index (χ2v) is 11.0. The average Bonchev–Trinajstić information content (AvgIpc) is 2.76. The molecule has 1 atom stereocenters. The number of rotatable bonds is 10. The van der Waals surface area contributed by atoms with Gasteiger partial charge in [0.2, 0.25) is 21.8 Å². The molecule has 34 heavy (non-hydrogen) atoms. The molecule has 186 valence electrons. The second-order valence-electron chi connectivity index (χ2n) is 7.87. The quantitative estimate of drug-likeness (QED) is 0.468. The van der Waals surface area contributed by atoms with Gasteiger partial charge in [0, 0.05) is 41.6 Å². The Bertz CT molecular complexity index is 1160. The Morgan fingerprint density at radius 1 is 1.09 bits per heavy atom. The molecule has 0 aliphatic carbocycles. The SMILES string of the molecule is CNC(=O)[C@@H](C)N(Cc1ccc(Cl)cc1Cl)C(=O)CCCN(c1cccc(Cl)c1C)S(C)(=O)=O. The Kier molecular flexibility index (Phi) is 10.1. The third-order valence-corrected chi connectivity index (χ3v) is 7.61. The number of halogens is 3. The molecule has 11 heteroatoms. The van der Waals surface area contributed by atoms with Crippen molar-refractivity contribution in [3.8, 4) is 0 Å². The molecule has 2 amide bonds. The molecule has 0 saturated heterocycles. The van der Waals surface area contributed by atoms with Gasteiger partial charge < -0.3 is 10.2 Å². The number of sulfonamides is 1. The van der Waals surface area contributed by atoms with E-state index in [-0.39, 0.29) is 37.7 Å². The van der Waals surface area contributed by atoms with Crippen LogP contribution in [0.25, 0.3) is 0 Å². The van der Waals surface area contributed by atoms with Crippen molar-refractivity contribution in [2.24, 2.45) is 0 Å². The minimum atomic E-state index is -3.61. The molecule has 7 nitrogen and oxygen atoms in total. The molecule has 0 fully saturated rings. The first kappa shape index (κ1) is 28.2. The van der Waals surface area contributed by atoms with E-state index in [2.05, 4.69) is 5.32 Å². The van der Waals surface area contributed by atoms with E-state index in [0.29, 0.717) is 31.9 Å². The van der Waals surface area contributed by atoms with Crippen molar-refractivity contribution in [2.75, 3.05) is 24.2 Å². The molecule has 1 N–H and O–H groups in total. The highest BCUT2D eigenvalue weighted by Crippen LogP contribution is 2.29. The van der Waals surface area contributed by atoms with Crippen LogP contribution in [0.2, 0.25) is 15.1 Å². The molecule has 0 bridgehead atoms. The molecule has 0 aliphatic rings. The van der Waals surface area contributed by atoms with Crippen LogP contribution in [0.5, 0.6) is 0 Å². The molecule has 0 aromatic heterocycles. The summed E-state index contributed by atoms with van der Waals surface area (Å²) in [5.74, 6) is -0.635. The topological polar surface area (TPSA) is 86.8 Å². The predicted octanol–water partition coefficient (Wildman–Crippen LogP) is 4.66. The lowest BCUT2D eigenvalue weighted by atomic mass is 10.1. The maximum Gasteiger partial charge on any atom is 0.242 e. The van der Waals surface area contributed by atoms with Gasteiger partial charge >= 0.3 is 0 Å². The van der Waals surface area contributed by atoms with Gasteiger partial charge in [0.1, 0.15) is 6.04 Å². The summed E-state index contributed by atoms with van der Waals surface area (Å²) in [6.07, 6.45) is 1.37. The fourth-order valence-corrected chi connectivity index (χ4v) is 5.13. The van der Waals surface area contributed by atoms with Crippen molar-refractivity contribution in [2.45, 2.75) is 39.3 Å². The summed E-state index contributed by atoms with van der Waals surface area (Å²) < 4.78 is 26.2. The van der Waals surface area contributed by atoms with E-state index in [4.69, 9.17) is 34.8 Å². The van der Waals surface area contributed by atoms with Crippen LogP contribution in [0.1, 0.15) is 30.9 Å². The molecule has 2 aromatic carbocycles. The van der Waals surface area contributed by atoms with Gasteiger partial charge in [-0.1, -0.05) is 46.9 Å². The van der Waals surface area contributed by atoms with Crippen LogP contribution < -0.4 is 9.62 Å². The molecule has 0 spiro atoms. The summed E-state index contributed by atoms with van der Waals surface area (Å²) in [5, 5.41) is 3.85. The standard InChI is InChI=1S/C23H28Cl3N3O4S/c1-15-19(25)7-5-8-21(15)29(34(4,32)33)12-6-9-22(30)28(16(2)23(31)27-3)14-17-10-11-18(24)13-20(17)26/h5,7-8,10-11,13,16H,6,9,12,14H2,1-4H3,(H,27,31)/t16-/m1/s1. The van der Waals surface area contributed by atoms with E-state index in [1.54, 1.807) is 50.2 Å². The smallest absolute Gasteiger partial charge is 0.242 e. The van der Waals surface area contributed by atoms with Crippen molar-refractivity contribution in [1.82, 2.24) is 10.2 Å². The van der Waals surface area contributed by atoms with E-state index in [0.717, 1.165) is 6.26 Å². The normalized spacial score (nSPS) is 12.2. The van der Waals surface area contributed by atoms with Crippen molar-refractivity contribution in [1.29, 1.82) is 0 Å². The van der Waals surface area contributed by atoms with Gasteiger partial charge in [-0.25, -0.2) is 8.42 Å². The first-order chi connectivity index (χ1) is 15.9. The van der Waals surface area contributed by atoms with E-state index in [9.17, 15) is 18.0 Å². The van der Waals surface area contributed by atoms with Crippen LogP contribution in [-0.2, 0) is 26.2 Å². The van der Waals surface area contributed by atoms with Crippen molar-refractivity contribution in [3.63, 3.8) is 0 Å². The van der Waals surface area contributed by atoms with Crippen LogP contribution in [0.3, 0.4) is 0 Å². The third kappa shape index (κ3) is 7.25. The highest BCUT2D eigenvalue weighted by Gasteiger charge is 2.27. The lowest BCUT2D eigenvalue weighted by Crippen LogP contribution is -2.46. The molecule has 0 saturated carbocycles. The third-order valence-electron chi connectivity index (χ3n) is 5.43. The van der Waals surface area contributed by atoms with Crippen molar-refractivity contribution < 1.29 is 18.0 Å². The Balaban J connectivity index is 2.21. The Morgan fingerprint density at radius 3 is 2.35 bits per heavy atom. The number of amides is 2. The zero-order valence-electron chi connectivity index (χ0n) is 19.4. The van der Waals surface area contributed by atoms with Crippen molar-refractivity contribution in [3.05, 3.63) is 62.6 Å². The number of benzene rings is 2. The Labute approximate surface area is 216 Å². The molecule has 0 heterocycles. The maximum absolute atomic E-state index is 13.2. The molecule has 0 aliphatic heterocycles. The van der Waals surface area contributed by atoms with Crippen LogP contribution >= 0.6 is 34.8 Å². The summed E-state index contributed by atoms with van der Waals surface area (Å²) in [6, 6.07) is 9.21. The summed E-state index contributed by atoms with van der Waals surface area (Å²) in [4.78, 5) is 26.9. The van der Waals surface area contributed by atoms with Gasteiger partial charge in [0.25, 0.3) is 0 Å². The maximum atomic E-state index is 13.2. The second kappa shape index (κ2) is 12.1. The van der Waals surface area contributed by atoms with Gasteiger partial charge in [0.15, 0.2) is 0 Å². The summed E-state index contributed by atoms with van der Waals surface area (Å²) in [5.41, 5.74) is 1.74. The highest BCUT2D eigenvalue weighted by atomic mass is 35.5. The zero-order valence-corrected chi connectivity index (χ0v) is 22.5. The molecular weight excluding hydrogens is 521 g/mol.